The number of morpholine rings is 1. The number of rotatable bonds is 7. The van der Waals surface area contributed by atoms with Crippen LogP contribution in [-0.2, 0) is 27.4 Å². The fraction of sp³-hybridized carbons (Fsp3) is 0.562. The van der Waals surface area contributed by atoms with Crippen LogP contribution < -0.4 is 10.6 Å². The minimum Gasteiger partial charge on any atom is -0.378 e. The average Bonchev–Trinajstić information content (AvgIpc) is 2.54. The molecule has 0 radical (unpaired) electrons. The lowest BCUT2D eigenvalue weighted by Crippen LogP contribution is -2.51. The van der Waals surface area contributed by atoms with Crippen LogP contribution in [0.4, 0.5) is 0 Å². The fourth-order valence-corrected chi connectivity index (χ4v) is 2.24. The molecule has 2 rings (SSSR count). The summed E-state index contributed by atoms with van der Waals surface area (Å²) < 4.78 is 10.9. The van der Waals surface area contributed by atoms with Crippen molar-refractivity contribution in [2.45, 2.75) is 32.5 Å². The molecule has 0 bridgehead atoms. The summed E-state index contributed by atoms with van der Waals surface area (Å²) in [6.45, 7) is 5.77. The van der Waals surface area contributed by atoms with E-state index in [1.165, 1.54) is 0 Å². The highest BCUT2D eigenvalue weighted by molar-refractivity contribution is 5.82. The smallest absolute Gasteiger partial charge is 0.239 e. The maximum absolute atomic E-state index is 12.1. The SMILES string of the molecule is CCCOCc1ccccc1CNC(=O)C1COCCN1. The Kier molecular flexibility index (Phi) is 6.66. The molecule has 5 nitrogen and oxygen atoms in total. The molecule has 0 saturated carbocycles. The van der Waals surface area contributed by atoms with Crippen molar-refractivity contribution >= 4 is 5.91 Å². The van der Waals surface area contributed by atoms with Gasteiger partial charge in [0.05, 0.1) is 19.8 Å². The van der Waals surface area contributed by atoms with Crippen LogP contribution in [0.2, 0.25) is 0 Å². The van der Waals surface area contributed by atoms with Gasteiger partial charge in [-0.1, -0.05) is 31.2 Å². The van der Waals surface area contributed by atoms with Crippen LogP contribution in [0.25, 0.3) is 0 Å². The van der Waals surface area contributed by atoms with Crippen LogP contribution in [0, 0.1) is 0 Å². The van der Waals surface area contributed by atoms with Gasteiger partial charge in [0, 0.05) is 19.7 Å². The Bertz CT molecular complexity index is 445. The minimum absolute atomic E-state index is 0.0148. The Morgan fingerprint density at radius 1 is 1.43 bits per heavy atom. The van der Waals surface area contributed by atoms with Crippen molar-refractivity contribution in [3.05, 3.63) is 35.4 Å². The zero-order chi connectivity index (χ0) is 14.9. The lowest BCUT2D eigenvalue weighted by molar-refractivity contribution is -0.126. The summed E-state index contributed by atoms with van der Waals surface area (Å²) in [7, 11) is 0. The third kappa shape index (κ3) is 5.12. The second-order valence-corrected chi connectivity index (χ2v) is 5.12. The summed E-state index contributed by atoms with van der Waals surface area (Å²) in [6.07, 6.45) is 1.01. The van der Waals surface area contributed by atoms with Gasteiger partial charge < -0.3 is 20.1 Å². The number of nitrogens with one attached hydrogen (secondary N) is 2. The zero-order valence-corrected chi connectivity index (χ0v) is 12.6. The molecule has 2 N–H and O–H groups in total. The minimum atomic E-state index is -0.248. The van der Waals surface area contributed by atoms with Gasteiger partial charge >= 0.3 is 0 Å². The van der Waals surface area contributed by atoms with E-state index in [4.69, 9.17) is 9.47 Å². The normalized spacial score (nSPS) is 18.4. The zero-order valence-electron chi connectivity index (χ0n) is 12.6. The molecule has 0 aromatic heterocycles. The molecule has 1 atom stereocenters. The van der Waals surface area contributed by atoms with Crippen molar-refractivity contribution in [2.75, 3.05) is 26.4 Å². The average molecular weight is 292 g/mol. The summed E-state index contributed by atoms with van der Waals surface area (Å²) in [5.74, 6) is -0.0148. The van der Waals surface area contributed by atoms with E-state index in [1.54, 1.807) is 0 Å². The Balaban J connectivity index is 1.85. The van der Waals surface area contributed by atoms with Crippen molar-refractivity contribution in [3.8, 4) is 0 Å². The number of benzene rings is 1. The summed E-state index contributed by atoms with van der Waals surface area (Å²) in [5, 5.41) is 6.11. The lowest BCUT2D eigenvalue weighted by Gasteiger charge is -2.23. The summed E-state index contributed by atoms with van der Waals surface area (Å²) >= 11 is 0. The first-order valence-electron chi connectivity index (χ1n) is 7.54. The highest BCUT2D eigenvalue weighted by Gasteiger charge is 2.20. The molecule has 0 spiro atoms. The number of ether oxygens (including phenoxy) is 2. The van der Waals surface area contributed by atoms with Crippen LogP contribution in [0.3, 0.4) is 0 Å². The topological polar surface area (TPSA) is 59.6 Å². The number of carbonyl (C=O) groups is 1. The van der Waals surface area contributed by atoms with Crippen molar-refractivity contribution in [1.82, 2.24) is 10.6 Å². The van der Waals surface area contributed by atoms with Crippen LogP contribution in [-0.4, -0.2) is 38.3 Å². The van der Waals surface area contributed by atoms with Gasteiger partial charge in [0.2, 0.25) is 5.91 Å². The van der Waals surface area contributed by atoms with E-state index in [-0.39, 0.29) is 11.9 Å². The molecule has 1 unspecified atom stereocenters. The number of hydrogen-bond acceptors (Lipinski definition) is 4. The molecule has 1 aromatic rings. The molecule has 5 heteroatoms. The van der Waals surface area contributed by atoms with E-state index < -0.39 is 0 Å². The molecular weight excluding hydrogens is 268 g/mol. The van der Waals surface area contributed by atoms with Gasteiger partial charge in [-0.25, -0.2) is 0 Å². The van der Waals surface area contributed by atoms with E-state index in [1.807, 2.05) is 24.3 Å². The molecule has 116 valence electrons. The van der Waals surface area contributed by atoms with Crippen LogP contribution >= 0.6 is 0 Å². The van der Waals surface area contributed by atoms with Gasteiger partial charge in [-0.05, 0) is 17.5 Å². The molecule has 1 heterocycles. The summed E-state index contributed by atoms with van der Waals surface area (Å²) in [5.41, 5.74) is 2.22. The van der Waals surface area contributed by atoms with Crippen LogP contribution in [0.15, 0.2) is 24.3 Å². The first-order chi connectivity index (χ1) is 10.3. The van der Waals surface area contributed by atoms with E-state index in [0.717, 1.165) is 30.7 Å². The Hall–Kier alpha value is -1.43. The number of carbonyl (C=O) groups excluding carboxylic acids is 1. The lowest BCUT2D eigenvalue weighted by atomic mass is 10.1. The predicted molar refractivity (Wildman–Crippen MR) is 80.8 cm³/mol. The highest BCUT2D eigenvalue weighted by Crippen LogP contribution is 2.10. The maximum Gasteiger partial charge on any atom is 0.239 e. The van der Waals surface area contributed by atoms with Gasteiger partial charge in [-0.2, -0.15) is 0 Å². The number of hydrogen-bond donors (Lipinski definition) is 2. The van der Waals surface area contributed by atoms with E-state index in [9.17, 15) is 4.79 Å². The van der Waals surface area contributed by atoms with Gasteiger partial charge in [0.25, 0.3) is 0 Å². The molecule has 21 heavy (non-hydrogen) atoms. The molecular formula is C16H24N2O3. The molecule has 0 aliphatic carbocycles. The van der Waals surface area contributed by atoms with Gasteiger partial charge in [-0.3, -0.25) is 4.79 Å². The Labute approximate surface area is 126 Å². The molecule has 1 aliphatic heterocycles. The Morgan fingerprint density at radius 3 is 2.95 bits per heavy atom. The van der Waals surface area contributed by atoms with Crippen LogP contribution in [0.1, 0.15) is 24.5 Å². The standard InChI is InChI=1S/C16H24N2O3/c1-2-8-20-11-14-6-4-3-5-13(14)10-18-16(19)15-12-21-9-7-17-15/h3-6,15,17H,2,7-12H2,1H3,(H,18,19). The Morgan fingerprint density at radius 2 is 2.24 bits per heavy atom. The third-order valence-corrected chi connectivity index (χ3v) is 3.42. The fourth-order valence-electron chi connectivity index (χ4n) is 2.24. The monoisotopic (exact) mass is 292 g/mol. The highest BCUT2D eigenvalue weighted by atomic mass is 16.5. The largest absolute Gasteiger partial charge is 0.378 e. The van der Waals surface area contributed by atoms with Crippen LogP contribution in [0.5, 0.6) is 0 Å². The van der Waals surface area contributed by atoms with Crippen molar-refractivity contribution in [2.24, 2.45) is 0 Å². The van der Waals surface area contributed by atoms with E-state index in [2.05, 4.69) is 17.6 Å². The molecule has 1 aromatic carbocycles. The quantitative estimate of drug-likeness (QED) is 0.742. The van der Waals surface area contributed by atoms with Crippen molar-refractivity contribution < 1.29 is 14.3 Å². The summed E-state index contributed by atoms with van der Waals surface area (Å²) in [4.78, 5) is 12.1. The van der Waals surface area contributed by atoms with Crippen molar-refractivity contribution in [1.29, 1.82) is 0 Å². The summed E-state index contributed by atoms with van der Waals surface area (Å²) in [6, 6.07) is 7.79. The van der Waals surface area contributed by atoms with Gasteiger partial charge in [-0.15, -0.1) is 0 Å². The molecule has 1 amide bonds. The third-order valence-electron chi connectivity index (χ3n) is 3.42. The van der Waals surface area contributed by atoms with E-state index >= 15 is 0 Å². The second-order valence-electron chi connectivity index (χ2n) is 5.12. The maximum atomic E-state index is 12.1. The number of amides is 1. The van der Waals surface area contributed by atoms with Gasteiger partial charge in [0.15, 0.2) is 0 Å². The molecule has 1 fully saturated rings. The molecule has 1 saturated heterocycles. The first kappa shape index (κ1) is 15.9. The van der Waals surface area contributed by atoms with Gasteiger partial charge in [0.1, 0.15) is 6.04 Å². The molecule has 1 aliphatic rings. The van der Waals surface area contributed by atoms with Crippen molar-refractivity contribution in [3.63, 3.8) is 0 Å². The predicted octanol–water partition coefficient (Wildman–Crippen LogP) is 1.22. The first-order valence-corrected chi connectivity index (χ1v) is 7.54. The van der Waals surface area contributed by atoms with E-state index in [0.29, 0.717) is 26.4 Å². The second kappa shape index (κ2) is 8.77.